The Balaban J connectivity index is 2.11. The number of aryl methyl sites for hydroxylation is 1. The fourth-order valence-electron chi connectivity index (χ4n) is 1.60. The molecule has 0 fully saturated rings. The predicted octanol–water partition coefficient (Wildman–Crippen LogP) is 3.87. The Hall–Kier alpha value is -1.41. The third kappa shape index (κ3) is 2.58. The lowest BCUT2D eigenvalue weighted by Crippen LogP contribution is -1.91. The Kier molecular flexibility index (Phi) is 3.52. The third-order valence-electron chi connectivity index (χ3n) is 2.47. The van der Waals surface area contributed by atoms with Gasteiger partial charge in [-0.2, -0.15) is 0 Å². The van der Waals surface area contributed by atoms with Crippen LogP contribution in [0, 0.1) is 6.92 Å². The normalized spacial score (nSPS) is 10.3. The molecular formula is C14H15NS. The number of benzene rings is 2. The summed E-state index contributed by atoms with van der Waals surface area (Å²) in [6.07, 6.45) is 0. The van der Waals surface area contributed by atoms with Crippen molar-refractivity contribution >= 4 is 17.4 Å². The van der Waals surface area contributed by atoms with E-state index in [-0.39, 0.29) is 0 Å². The Morgan fingerprint density at radius 1 is 1.00 bits per heavy atom. The predicted molar refractivity (Wildman–Crippen MR) is 71.6 cm³/mol. The SMILES string of the molecule is Cc1cccc(N)c1SCc1ccccc1. The van der Waals surface area contributed by atoms with E-state index in [9.17, 15) is 0 Å². The first-order valence-corrected chi connectivity index (χ1v) is 6.28. The maximum Gasteiger partial charge on any atom is 0.0455 e. The van der Waals surface area contributed by atoms with Crippen molar-refractivity contribution in [2.45, 2.75) is 17.6 Å². The Morgan fingerprint density at radius 2 is 1.75 bits per heavy atom. The maximum absolute atomic E-state index is 5.96. The van der Waals surface area contributed by atoms with Gasteiger partial charge in [-0.3, -0.25) is 0 Å². The van der Waals surface area contributed by atoms with E-state index in [1.54, 1.807) is 11.8 Å². The van der Waals surface area contributed by atoms with E-state index < -0.39 is 0 Å². The first-order valence-electron chi connectivity index (χ1n) is 5.29. The average Bonchev–Trinajstić information content (AvgIpc) is 2.30. The van der Waals surface area contributed by atoms with Crippen LogP contribution in [-0.2, 0) is 5.75 Å². The number of hydrogen-bond acceptors (Lipinski definition) is 2. The van der Waals surface area contributed by atoms with Gasteiger partial charge >= 0.3 is 0 Å². The van der Waals surface area contributed by atoms with Gasteiger partial charge < -0.3 is 5.73 Å². The van der Waals surface area contributed by atoms with E-state index in [0.29, 0.717) is 0 Å². The van der Waals surface area contributed by atoms with E-state index in [2.05, 4.69) is 37.3 Å². The molecule has 0 aromatic heterocycles. The van der Waals surface area contributed by atoms with E-state index in [1.807, 2.05) is 18.2 Å². The summed E-state index contributed by atoms with van der Waals surface area (Å²) in [5.41, 5.74) is 9.42. The average molecular weight is 229 g/mol. The van der Waals surface area contributed by atoms with Crippen molar-refractivity contribution in [1.82, 2.24) is 0 Å². The summed E-state index contributed by atoms with van der Waals surface area (Å²) >= 11 is 1.80. The molecule has 0 saturated heterocycles. The second kappa shape index (κ2) is 5.08. The highest BCUT2D eigenvalue weighted by Crippen LogP contribution is 2.30. The molecule has 0 saturated carbocycles. The van der Waals surface area contributed by atoms with E-state index in [0.717, 1.165) is 11.4 Å². The van der Waals surface area contributed by atoms with Crippen LogP contribution in [0.5, 0.6) is 0 Å². The molecule has 0 aliphatic rings. The molecule has 2 heteroatoms. The summed E-state index contributed by atoms with van der Waals surface area (Å²) in [4.78, 5) is 1.20. The molecule has 2 aromatic carbocycles. The molecule has 1 nitrogen and oxygen atoms in total. The molecule has 82 valence electrons. The number of rotatable bonds is 3. The molecule has 0 aliphatic carbocycles. The van der Waals surface area contributed by atoms with Crippen molar-refractivity contribution in [1.29, 1.82) is 0 Å². The molecule has 0 amide bonds. The van der Waals surface area contributed by atoms with E-state index in [4.69, 9.17) is 5.73 Å². The first-order chi connectivity index (χ1) is 7.77. The Morgan fingerprint density at radius 3 is 2.44 bits per heavy atom. The van der Waals surface area contributed by atoms with Crippen LogP contribution < -0.4 is 5.73 Å². The van der Waals surface area contributed by atoms with E-state index in [1.165, 1.54) is 16.0 Å². The molecule has 2 rings (SSSR count). The van der Waals surface area contributed by atoms with Crippen LogP contribution in [-0.4, -0.2) is 0 Å². The summed E-state index contributed by atoms with van der Waals surface area (Å²) in [6, 6.07) is 16.5. The highest BCUT2D eigenvalue weighted by atomic mass is 32.2. The minimum absolute atomic E-state index is 0.876. The minimum atomic E-state index is 0.876. The minimum Gasteiger partial charge on any atom is -0.398 e. The van der Waals surface area contributed by atoms with Gasteiger partial charge in [-0.25, -0.2) is 0 Å². The van der Waals surface area contributed by atoms with E-state index >= 15 is 0 Å². The standard InChI is InChI=1S/C14H15NS/c1-11-6-5-9-13(15)14(11)16-10-12-7-3-2-4-8-12/h2-9H,10,15H2,1H3. The summed E-state index contributed by atoms with van der Waals surface area (Å²) in [5, 5.41) is 0. The van der Waals surface area contributed by atoms with Crippen LogP contribution in [0.25, 0.3) is 0 Å². The van der Waals surface area contributed by atoms with Crippen molar-refractivity contribution in [3.05, 3.63) is 59.7 Å². The van der Waals surface area contributed by atoms with Gasteiger partial charge in [-0.05, 0) is 24.1 Å². The van der Waals surface area contributed by atoms with Gasteiger partial charge in [-0.1, -0.05) is 42.5 Å². The Bertz CT molecular complexity index is 445. The molecule has 2 aromatic rings. The maximum atomic E-state index is 5.96. The fourth-order valence-corrected chi connectivity index (χ4v) is 2.64. The number of anilines is 1. The molecule has 0 aliphatic heterocycles. The zero-order chi connectivity index (χ0) is 11.4. The lowest BCUT2D eigenvalue weighted by Gasteiger charge is -2.08. The number of hydrogen-bond donors (Lipinski definition) is 1. The molecular weight excluding hydrogens is 214 g/mol. The summed E-state index contributed by atoms with van der Waals surface area (Å²) in [6.45, 7) is 2.10. The molecule has 0 unspecified atom stereocenters. The third-order valence-corrected chi connectivity index (χ3v) is 3.79. The highest BCUT2D eigenvalue weighted by Gasteiger charge is 2.03. The molecule has 0 bridgehead atoms. The van der Waals surface area contributed by atoms with Crippen molar-refractivity contribution < 1.29 is 0 Å². The molecule has 0 radical (unpaired) electrons. The van der Waals surface area contributed by atoms with Gasteiger partial charge in [0.1, 0.15) is 0 Å². The topological polar surface area (TPSA) is 26.0 Å². The summed E-state index contributed by atoms with van der Waals surface area (Å²) < 4.78 is 0. The molecule has 2 N–H and O–H groups in total. The van der Waals surface area contributed by atoms with Gasteiger partial charge in [0.15, 0.2) is 0 Å². The quantitative estimate of drug-likeness (QED) is 0.638. The molecule has 0 atom stereocenters. The summed E-state index contributed by atoms with van der Waals surface area (Å²) in [5.74, 6) is 0.968. The van der Waals surface area contributed by atoms with Crippen molar-refractivity contribution in [3.63, 3.8) is 0 Å². The van der Waals surface area contributed by atoms with Crippen LogP contribution in [0.4, 0.5) is 5.69 Å². The fraction of sp³-hybridized carbons (Fsp3) is 0.143. The van der Waals surface area contributed by atoms with Gasteiger partial charge in [0, 0.05) is 16.3 Å². The van der Waals surface area contributed by atoms with Gasteiger partial charge in [0.05, 0.1) is 0 Å². The number of nitrogen functional groups attached to an aromatic ring is 1. The van der Waals surface area contributed by atoms with Crippen molar-refractivity contribution in [3.8, 4) is 0 Å². The van der Waals surface area contributed by atoms with Gasteiger partial charge in [0.2, 0.25) is 0 Å². The van der Waals surface area contributed by atoms with Crippen LogP contribution >= 0.6 is 11.8 Å². The smallest absolute Gasteiger partial charge is 0.0455 e. The second-order valence-corrected chi connectivity index (χ2v) is 4.75. The zero-order valence-electron chi connectivity index (χ0n) is 9.31. The lowest BCUT2D eigenvalue weighted by molar-refractivity contribution is 1.29. The van der Waals surface area contributed by atoms with Crippen LogP contribution in [0.15, 0.2) is 53.4 Å². The largest absolute Gasteiger partial charge is 0.398 e. The van der Waals surface area contributed by atoms with Gasteiger partial charge in [-0.15, -0.1) is 11.8 Å². The lowest BCUT2D eigenvalue weighted by atomic mass is 10.2. The Labute approximate surface area is 101 Å². The van der Waals surface area contributed by atoms with Crippen LogP contribution in [0.1, 0.15) is 11.1 Å². The molecule has 0 spiro atoms. The first kappa shape index (κ1) is 11.1. The zero-order valence-corrected chi connectivity index (χ0v) is 10.1. The number of nitrogens with two attached hydrogens (primary N) is 1. The van der Waals surface area contributed by atoms with Crippen LogP contribution in [0.2, 0.25) is 0 Å². The summed E-state index contributed by atoms with van der Waals surface area (Å²) in [7, 11) is 0. The van der Waals surface area contributed by atoms with Crippen LogP contribution in [0.3, 0.4) is 0 Å². The highest BCUT2D eigenvalue weighted by molar-refractivity contribution is 7.98. The van der Waals surface area contributed by atoms with Crippen molar-refractivity contribution in [2.75, 3.05) is 5.73 Å². The molecule has 16 heavy (non-hydrogen) atoms. The monoisotopic (exact) mass is 229 g/mol. The molecule has 0 heterocycles. The van der Waals surface area contributed by atoms with Gasteiger partial charge in [0.25, 0.3) is 0 Å². The van der Waals surface area contributed by atoms with Crippen molar-refractivity contribution in [2.24, 2.45) is 0 Å². The second-order valence-electron chi connectivity index (χ2n) is 3.77. The number of thioether (sulfide) groups is 1.